The number of benzene rings is 1. The van der Waals surface area contributed by atoms with Crippen molar-refractivity contribution < 1.29 is 9.18 Å². The van der Waals surface area contributed by atoms with Crippen LogP contribution < -0.4 is 5.73 Å². The first-order valence-corrected chi connectivity index (χ1v) is 6.26. The maximum absolute atomic E-state index is 13.3. The molecular weight excluding hydrogens is 255 g/mol. The first kappa shape index (κ1) is 14.9. The average Bonchev–Trinajstić information content (AvgIpc) is 2.32. The molecule has 0 saturated carbocycles. The highest BCUT2D eigenvalue weighted by atomic mass is 35.5. The molecule has 0 unspecified atom stereocenters. The SMILES string of the molecule is CC(C)C(=O)N(CCN)Cc1ccc(Cl)c(F)c1. The Morgan fingerprint density at radius 2 is 2.17 bits per heavy atom. The van der Waals surface area contributed by atoms with Crippen molar-refractivity contribution in [1.82, 2.24) is 4.90 Å². The van der Waals surface area contributed by atoms with E-state index in [1.54, 1.807) is 11.0 Å². The molecule has 1 aromatic carbocycles. The van der Waals surface area contributed by atoms with Crippen molar-refractivity contribution in [2.75, 3.05) is 13.1 Å². The van der Waals surface area contributed by atoms with Crippen LogP contribution in [0.5, 0.6) is 0 Å². The Hall–Kier alpha value is -1.13. The average molecular weight is 273 g/mol. The number of amides is 1. The fourth-order valence-electron chi connectivity index (χ4n) is 1.65. The van der Waals surface area contributed by atoms with Crippen LogP contribution in [0.1, 0.15) is 19.4 Å². The molecule has 0 radical (unpaired) electrons. The molecule has 5 heteroatoms. The van der Waals surface area contributed by atoms with Crippen LogP contribution in [-0.4, -0.2) is 23.9 Å². The minimum atomic E-state index is -0.473. The molecule has 0 fully saturated rings. The summed E-state index contributed by atoms with van der Waals surface area (Å²) < 4.78 is 13.3. The number of hydrogen-bond donors (Lipinski definition) is 1. The third kappa shape index (κ3) is 3.96. The van der Waals surface area contributed by atoms with E-state index in [1.165, 1.54) is 12.1 Å². The lowest BCUT2D eigenvalue weighted by molar-refractivity contribution is -0.135. The lowest BCUT2D eigenvalue weighted by atomic mass is 10.1. The molecule has 0 aromatic heterocycles. The van der Waals surface area contributed by atoms with Crippen LogP contribution in [-0.2, 0) is 11.3 Å². The van der Waals surface area contributed by atoms with Gasteiger partial charge >= 0.3 is 0 Å². The molecular formula is C13H18ClFN2O. The quantitative estimate of drug-likeness (QED) is 0.895. The second-order valence-corrected chi connectivity index (χ2v) is 4.86. The van der Waals surface area contributed by atoms with Gasteiger partial charge in [-0.05, 0) is 17.7 Å². The topological polar surface area (TPSA) is 46.3 Å². The zero-order chi connectivity index (χ0) is 13.7. The second kappa shape index (κ2) is 6.71. The Morgan fingerprint density at radius 1 is 1.50 bits per heavy atom. The third-order valence-electron chi connectivity index (χ3n) is 2.56. The van der Waals surface area contributed by atoms with Crippen LogP contribution in [0.4, 0.5) is 4.39 Å². The van der Waals surface area contributed by atoms with Crippen molar-refractivity contribution in [3.8, 4) is 0 Å². The van der Waals surface area contributed by atoms with Crippen molar-refractivity contribution in [3.05, 3.63) is 34.6 Å². The van der Waals surface area contributed by atoms with Crippen LogP contribution in [0.2, 0.25) is 5.02 Å². The summed E-state index contributed by atoms with van der Waals surface area (Å²) in [5.41, 5.74) is 6.19. The van der Waals surface area contributed by atoms with Crippen molar-refractivity contribution in [3.63, 3.8) is 0 Å². The molecule has 0 heterocycles. The minimum absolute atomic E-state index is 0.0100. The fraction of sp³-hybridized carbons (Fsp3) is 0.462. The Morgan fingerprint density at radius 3 is 2.67 bits per heavy atom. The molecule has 0 bridgehead atoms. The standard InChI is InChI=1S/C13H18ClFN2O/c1-9(2)13(18)17(6-5-16)8-10-3-4-11(14)12(15)7-10/h3-4,7,9H,5-6,8,16H2,1-2H3. The zero-order valence-corrected chi connectivity index (χ0v) is 11.4. The summed E-state index contributed by atoms with van der Waals surface area (Å²) in [7, 11) is 0. The Bertz CT molecular complexity index is 423. The first-order chi connectivity index (χ1) is 8.45. The van der Waals surface area contributed by atoms with E-state index in [1.807, 2.05) is 13.8 Å². The van der Waals surface area contributed by atoms with E-state index in [-0.39, 0.29) is 16.8 Å². The van der Waals surface area contributed by atoms with Gasteiger partial charge in [-0.15, -0.1) is 0 Å². The normalized spacial score (nSPS) is 10.8. The van der Waals surface area contributed by atoms with Gasteiger partial charge in [0.25, 0.3) is 0 Å². The van der Waals surface area contributed by atoms with Gasteiger partial charge in [-0.1, -0.05) is 31.5 Å². The summed E-state index contributed by atoms with van der Waals surface area (Å²) in [6, 6.07) is 4.55. The van der Waals surface area contributed by atoms with Gasteiger partial charge in [0.1, 0.15) is 5.82 Å². The lowest BCUT2D eigenvalue weighted by Crippen LogP contribution is -2.37. The molecule has 18 heavy (non-hydrogen) atoms. The van der Waals surface area contributed by atoms with E-state index in [0.29, 0.717) is 25.2 Å². The monoisotopic (exact) mass is 272 g/mol. The summed E-state index contributed by atoms with van der Waals surface area (Å²) in [5, 5.41) is 0.0827. The number of nitrogens with two attached hydrogens (primary N) is 1. The van der Waals surface area contributed by atoms with Gasteiger partial charge in [-0.2, -0.15) is 0 Å². The van der Waals surface area contributed by atoms with E-state index in [2.05, 4.69) is 0 Å². The molecule has 3 nitrogen and oxygen atoms in total. The largest absolute Gasteiger partial charge is 0.337 e. The maximum atomic E-state index is 13.3. The van der Waals surface area contributed by atoms with E-state index in [4.69, 9.17) is 17.3 Å². The van der Waals surface area contributed by atoms with E-state index in [9.17, 15) is 9.18 Å². The first-order valence-electron chi connectivity index (χ1n) is 5.88. The highest BCUT2D eigenvalue weighted by molar-refractivity contribution is 6.30. The van der Waals surface area contributed by atoms with Crippen LogP contribution in [0.15, 0.2) is 18.2 Å². The van der Waals surface area contributed by atoms with E-state index in [0.717, 1.165) is 0 Å². The molecule has 1 amide bonds. The highest BCUT2D eigenvalue weighted by Gasteiger charge is 2.17. The maximum Gasteiger partial charge on any atom is 0.225 e. The number of hydrogen-bond acceptors (Lipinski definition) is 2. The molecule has 0 spiro atoms. The number of nitrogens with zero attached hydrogens (tertiary/aromatic N) is 1. The summed E-state index contributed by atoms with van der Waals surface area (Å²) >= 11 is 5.62. The predicted molar refractivity (Wildman–Crippen MR) is 70.7 cm³/mol. The van der Waals surface area contributed by atoms with Gasteiger partial charge in [-0.25, -0.2) is 4.39 Å². The summed E-state index contributed by atoms with van der Waals surface area (Å²) in [5.74, 6) is -0.566. The summed E-state index contributed by atoms with van der Waals surface area (Å²) in [6.07, 6.45) is 0. The lowest BCUT2D eigenvalue weighted by Gasteiger charge is -2.24. The summed E-state index contributed by atoms with van der Waals surface area (Å²) in [4.78, 5) is 13.6. The molecule has 100 valence electrons. The second-order valence-electron chi connectivity index (χ2n) is 4.45. The molecule has 0 atom stereocenters. The molecule has 1 rings (SSSR count). The van der Waals surface area contributed by atoms with Gasteiger partial charge in [0.15, 0.2) is 0 Å². The molecule has 0 aliphatic heterocycles. The van der Waals surface area contributed by atoms with Gasteiger partial charge < -0.3 is 10.6 Å². The highest BCUT2D eigenvalue weighted by Crippen LogP contribution is 2.17. The number of rotatable bonds is 5. The van der Waals surface area contributed by atoms with E-state index < -0.39 is 5.82 Å². The van der Waals surface area contributed by atoms with Gasteiger partial charge in [0.2, 0.25) is 5.91 Å². The number of carbonyl (C=O) groups excluding carboxylic acids is 1. The molecule has 0 aliphatic rings. The Labute approximate surface area is 112 Å². The predicted octanol–water partition coefficient (Wildman–Crippen LogP) is 2.42. The van der Waals surface area contributed by atoms with E-state index >= 15 is 0 Å². The molecule has 1 aromatic rings. The molecule has 0 saturated heterocycles. The third-order valence-corrected chi connectivity index (χ3v) is 2.87. The Kier molecular flexibility index (Phi) is 5.56. The van der Waals surface area contributed by atoms with Crippen molar-refractivity contribution in [2.24, 2.45) is 11.7 Å². The van der Waals surface area contributed by atoms with Crippen LogP contribution in [0.3, 0.4) is 0 Å². The van der Waals surface area contributed by atoms with Crippen LogP contribution in [0, 0.1) is 11.7 Å². The molecule has 0 aliphatic carbocycles. The van der Waals surface area contributed by atoms with Gasteiger partial charge in [-0.3, -0.25) is 4.79 Å². The number of carbonyl (C=O) groups is 1. The molecule has 2 N–H and O–H groups in total. The van der Waals surface area contributed by atoms with Crippen LogP contribution >= 0.6 is 11.6 Å². The summed E-state index contributed by atoms with van der Waals surface area (Å²) in [6.45, 7) is 4.85. The Balaban J connectivity index is 2.82. The van der Waals surface area contributed by atoms with Crippen molar-refractivity contribution in [1.29, 1.82) is 0 Å². The zero-order valence-electron chi connectivity index (χ0n) is 10.6. The smallest absolute Gasteiger partial charge is 0.225 e. The minimum Gasteiger partial charge on any atom is -0.337 e. The fourth-order valence-corrected chi connectivity index (χ4v) is 1.76. The van der Waals surface area contributed by atoms with Crippen molar-refractivity contribution >= 4 is 17.5 Å². The number of halogens is 2. The van der Waals surface area contributed by atoms with Gasteiger partial charge in [0, 0.05) is 25.6 Å². The van der Waals surface area contributed by atoms with Crippen molar-refractivity contribution in [2.45, 2.75) is 20.4 Å². The van der Waals surface area contributed by atoms with Crippen LogP contribution in [0.25, 0.3) is 0 Å². The van der Waals surface area contributed by atoms with Gasteiger partial charge in [0.05, 0.1) is 5.02 Å².